The van der Waals surface area contributed by atoms with Gasteiger partial charge in [0, 0.05) is 5.69 Å². The number of fused-ring (bicyclic) bond motifs is 1. The first kappa shape index (κ1) is 18.0. The third kappa shape index (κ3) is 4.62. The zero-order chi connectivity index (χ0) is 17.8. The van der Waals surface area contributed by atoms with E-state index < -0.39 is 5.82 Å². The summed E-state index contributed by atoms with van der Waals surface area (Å²) in [5.41, 5.74) is 1.34. The molecule has 1 aromatic heterocycles. The van der Waals surface area contributed by atoms with E-state index in [4.69, 9.17) is 16.3 Å². The fourth-order valence-corrected chi connectivity index (χ4v) is 4.18. The Kier molecular flexibility index (Phi) is 5.78. The number of nitrogens with zero attached hydrogens (tertiary/aromatic N) is 1. The molecular weight excluding hydrogens is 383 g/mol. The summed E-state index contributed by atoms with van der Waals surface area (Å²) in [6.45, 7) is 2.55. The first-order chi connectivity index (χ1) is 12.0. The third-order valence-electron chi connectivity index (χ3n) is 3.18. The summed E-state index contributed by atoms with van der Waals surface area (Å²) in [6.07, 6.45) is 0. The number of aromatic nitrogens is 1. The predicted molar refractivity (Wildman–Crippen MR) is 102 cm³/mol. The SMILES string of the molecule is CCOc1ccc2nc(SCC(=O)Nc3ccc(F)c(Cl)c3)sc2c1. The maximum Gasteiger partial charge on any atom is 0.234 e. The molecule has 4 nitrogen and oxygen atoms in total. The molecule has 2 aromatic carbocycles. The highest BCUT2D eigenvalue weighted by Crippen LogP contribution is 2.32. The van der Waals surface area contributed by atoms with Gasteiger partial charge in [0.25, 0.3) is 0 Å². The van der Waals surface area contributed by atoms with Crippen LogP contribution in [0.2, 0.25) is 5.02 Å². The summed E-state index contributed by atoms with van der Waals surface area (Å²) in [4.78, 5) is 16.5. The van der Waals surface area contributed by atoms with Crippen LogP contribution >= 0.6 is 34.7 Å². The summed E-state index contributed by atoms with van der Waals surface area (Å²) in [7, 11) is 0. The van der Waals surface area contributed by atoms with E-state index in [-0.39, 0.29) is 16.7 Å². The van der Waals surface area contributed by atoms with E-state index in [9.17, 15) is 9.18 Å². The van der Waals surface area contributed by atoms with Crippen LogP contribution in [0.5, 0.6) is 5.75 Å². The van der Waals surface area contributed by atoms with Crippen LogP contribution in [0.4, 0.5) is 10.1 Å². The van der Waals surface area contributed by atoms with Gasteiger partial charge in [0.15, 0.2) is 4.34 Å². The van der Waals surface area contributed by atoms with Gasteiger partial charge < -0.3 is 10.1 Å². The molecule has 0 aliphatic heterocycles. The minimum absolute atomic E-state index is 0.0262. The van der Waals surface area contributed by atoms with E-state index in [0.29, 0.717) is 12.3 Å². The lowest BCUT2D eigenvalue weighted by Gasteiger charge is -2.05. The number of benzene rings is 2. The number of anilines is 1. The lowest BCUT2D eigenvalue weighted by molar-refractivity contribution is -0.113. The van der Waals surface area contributed by atoms with Gasteiger partial charge in [-0.25, -0.2) is 9.37 Å². The lowest BCUT2D eigenvalue weighted by atomic mass is 10.3. The molecule has 0 fully saturated rings. The Hall–Kier alpha value is -1.83. The fourth-order valence-electron chi connectivity index (χ4n) is 2.10. The molecule has 3 aromatic rings. The molecule has 0 aliphatic rings. The minimum Gasteiger partial charge on any atom is -0.494 e. The maximum absolute atomic E-state index is 13.1. The number of hydrogen-bond donors (Lipinski definition) is 1. The predicted octanol–water partition coefficient (Wildman–Crippen LogP) is 5.22. The molecule has 1 N–H and O–H groups in total. The van der Waals surface area contributed by atoms with E-state index in [1.165, 1.54) is 41.3 Å². The molecule has 0 spiro atoms. The highest BCUT2D eigenvalue weighted by Gasteiger charge is 2.10. The molecule has 8 heteroatoms. The van der Waals surface area contributed by atoms with E-state index in [1.54, 1.807) is 0 Å². The number of amides is 1. The molecule has 0 saturated carbocycles. The van der Waals surface area contributed by atoms with Crippen LogP contribution in [0.25, 0.3) is 10.2 Å². The van der Waals surface area contributed by atoms with Crippen molar-refractivity contribution in [3.05, 3.63) is 47.2 Å². The Balaban J connectivity index is 1.61. The van der Waals surface area contributed by atoms with Crippen LogP contribution in [-0.4, -0.2) is 23.3 Å². The minimum atomic E-state index is -0.519. The van der Waals surface area contributed by atoms with Gasteiger partial charge in [0.05, 0.1) is 27.6 Å². The largest absolute Gasteiger partial charge is 0.494 e. The van der Waals surface area contributed by atoms with Crippen LogP contribution in [0.3, 0.4) is 0 Å². The zero-order valence-electron chi connectivity index (χ0n) is 13.2. The van der Waals surface area contributed by atoms with Crippen molar-refractivity contribution < 1.29 is 13.9 Å². The van der Waals surface area contributed by atoms with Gasteiger partial charge in [-0.2, -0.15) is 0 Å². The second-order valence-corrected chi connectivity index (χ2v) is 7.67. The van der Waals surface area contributed by atoms with Gasteiger partial charge in [-0.15, -0.1) is 11.3 Å². The monoisotopic (exact) mass is 396 g/mol. The molecule has 0 saturated heterocycles. The van der Waals surface area contributed by atoms with E-state index >= 15 is 0 Å². The average Bonchev–Trinajstić information content (AvgIpc) is 2.99. The first-order valence-corrected chi connectivity index (χ1v) is 9.64. The van der Waals surface area contributed by atoms with Crippen LogP contribution < -0.4 is 10.1 Å². The van der Waals surface area contributed by atoms with Crippen molar-refractivity contribution in [2.45, 2.75) is 11.3 Å². The Morgan fingerprint density at radius 2 is 2.20 bits per heavy atom. The molecule has 0 aliphatic carbocycles. The van der Waals surface area contributed by atoms with Gasteiger partial charge in [0.2, 0.25) is 5.91 Å². The van der Waals surface area contributed by atoms with Crippen molar-refractivity contribution in [1.29, 1.82) is 0 Å². The fraction of sp³-hybridized carbons (Fsp3) is 0.176. The van der Waals surface area contributed by atoms with Crippen molar-refractivity contribution in [1.82, 2.24) is 4.98 Å². The lowest BCUT2D eigenvalue weighted by Crippen LogP contribution is -2.13. The van der Waals surface area contributed by atoms with E-state index in [1.807, 2.05) is 25.1 Å². The Labute approximate surface area is 157 Å². The van der Waals surface area contributed by atoms with E-state index in [2.05, 4.69) is 10.3 Å². The summed E-state index contributed by atoms with van der Waals surface area (Å²) >= 11 is 8.56. The second-order valence-electron chi connectivity index (χ2n) is 5.01. The summed E-state index contributed by atoms with van der Waals surface area (Å²) in [5, 5.41) is 2.66. The molecule has 0 unspecified atom stereocenters. The molecule has 130 valence electrons. The van der Waals surface area contributed by atoms with Gasteiger partial charge in [0.1, 0.15) is 11.6 Å². The topological polar surface area (TPSA) is 51.2 Å². The molecule has 3 rings (SSSR count). The molecule has 1 amide bonds. The smallest absolute Gasteiger partial charge is 0.234 e. The average molecular weight is 397 g/mol. The van der Waals surface area contributed by atoms with Crippen LogP contribution in [0.15, 0.2) is 40.7 Å². The molecule has 0 atom stereocenters. The first-order valence-electron chi connectivity index (χ1n) is 7.46. The number of nitrogens with one attached hydrogen (secondary N) is 1. The summed E-state index contributed by atoms with van der Waals surface area (Å²) in [5.74, 6) is 0.283. The third-order valence-corrected chi connectivity index (χ3v) is 5.63. The Morgan fingerprint density at radius 3 is 2.96 bits per heavy atom. The molecule has 25 heavy (non-hydrogen) atoms. The van der Waals surface area contributed by atoms with Crippen LogP contribution in [-0.2, 0) is 4.79 Å². The number of carbonyl (C=O) groups excluding carboxylic acids is 1. The van der Waals surface area contributed by atoms with Gasteiger partial charge >= 0.3 is 0 Å². The maximum atomic E-state index is 13.1. The Morgan fingerprint density at radius 1 is 1.36 bits per heavy atom. The van der Waals surface area contributed by atoms with Crippen molar-refractivity contribution in [2.24, 2.45) is 0 Å². The molecule has 1 heterocycles. The standard InChI is InChI=1S/C17H14ClFN2O2S2/c1-2-23-11-4-6-14-15(8-11)25-17(21-14)24-9-16(22)20-10-3-5-13(19)12(18)7-10/h3-8H,2,9H2,1H3,(H,20,22). The summed E-state index contributed by atoms with van der Waals surface area (Å²) < 4.78 is 20.4. The zero-order valence-corrected chi connectivity index (χ0v) is 15.6. The number of ether oxygens (including phenoxy) is 1. The number of thiazole rings is 1. The molecule has 0 radical (unpaired) electrons. The highest BCUT2D eigenvalue weighted by molar-refractivity contribution is 8.01. The Bertz CT molecular complexity index is 917. The molecule has 0 bridgehead atoms. The number of carbonyl (C=O) groups is 1. The van der Waals surface area contributed by atoms with Crippen molar-refractivity contribution in [2.75, 3.05) is 17.7 Å². The second kappa shape index (κ2) is 8.03. The van der Waals surface area contributed by atoms with Gasteiger partial charge in [-0.3, -0.25) is 4.79 Å². The van der Waals surface area contributed by atoms with Gasteiger partial charge in [-0.1, -0.05) is 23.4 Å². The van der Waals surface area contributed by atoms with Crippen LogP contribution in [0, 0.1) is 5.82 Å². The van der Waals surface area contributed by atoms with Crippen molar-refractivity contribution in [3.63, 3.8) is 0 Å². The number of hydrogen-bond acceptors (Lipinski definition) is 5. The van der Waals surface area contributed by atoms with E-state index in [0.717, 1.165) is 20.3 Å². The number of thioether (sulfide) groups is 1. The van der Waals surface area contributed by atoms with Gasteiger partial charge in [-0.05, 0) is 43.3 Å². The van der Waals surface area contributed by atoms with Crippen molar-refractivity contribution >= 4 is 56.5 Å². The van der Waals surface area contributed by atoms with Crippen molar-refractivity contribution in [3.8, 4) is 5.75 Å². The highest BCUT2D eigenvalue weighted by atomic mass is 35.5. The number of halogens is 2. The number of rotatable bonds is 6. The molecular formula is C17H14ClFN2O2S2. The summed E-state index contributed by atoms with van der Waals surface area (Å²) in [6, 6.07) is 9.80. The normalized spacial score (nSPS) is 10.8. The van der Waals surface area contributed by atoms with Crippen LogP contribution in [0.1, 0.15) is 6.92 Å². The quantitative estimate of drug-likeness (QED) is 0.580.